The van der Waals surface area contributed by atoms with Crippen LogP contribution in [0.1, 0.15) is 29.7 Å². The molecule has 0 atom stereocenters. The summed E-state index contributed by atoms with van der Waals surface area (Å²) in [5.74, 6) is 0.932. The number of methoxy groups -OCH3 is 1. The number of thiazole rings is 1. The second kappa shape index (κ2) is 12.8. The Kier molecular flexibility index (Phi) is 11.6. The molecule has 0 amide bonds. The van der Waals surface area contributed by atoms with E-state index in [2.05, 4.69) is 34.4 Å². The van der Waals surface area contributed by atoms with Crippen LogP contribution in [0, 0.1) is 6.92 Å². The van der Waals surface area contributed by atoms with Crippen molar-refractivity contribution in [1.82, 2.24) is 20.5 Å². The summed E-state index contributed by atoms with van der Waals surface area (Å²) in [4.78, 5) is 12.8. The molecule has 1 aliphatic rings. The highest BCUT2D eigenvalue weighted by Crippen LogP contribution is 2.12. The molecule has 1 aromatic rings. The number of nitrogens with one attached hydrogen (secondary N) is 2. The van der Waals surface area contributed by atoms with E-state index in [9.17, 15) is 0 Å². The van der Waals surface area contributed by atoms with Crippen molar-refractivity contribution >= 4 is 41.3 Å². The molecule has 8 heteroatoms. The number of aryl methyl sites for hydroxylation is 1. The van der Waals surface area contributed by atoms with Gasteiger partial charge in [0, 0.05) is 63.4 Å². The first-order valence-electron chi connectivity index (χ1n) is 8.88. The smallest absolute Gasteiger partial charge is 0.191 e. The Balaban J connectivity index is 0.00000312. The molecule has 0 radical (unpaired) electrons. The van der Waals surface area contributed by atoms with Gasteiger partial charge in [-0.25, -0.2) is 4.98 Å². The van der Waals surface area contributed by atoms with Gasteiger partial charge in [0.1, 0.15) is 0 Å². The zero-order chi connectivity index (χ0) is 17.2. The van der Waals surface area contributed by atoms with Gasteiger partial charge in [-0.3, -0.25) is 4.99 Å². The van der Waals surface area contributed by atoms with Crippen LogP contribution in [0.2, 0.25) is 0 Å². The zero-order valence-corrected chi connectivity index (χ0v) is 18.7. The molecule has 0 unspecified atom stereocenters. The van der Waals surface area contributed by atoms with Gasteiger partial charge < -0.3 is 20.3 Å². The Morgan fingerprint density at radius 1 is 1.44 bits per heavy atom. The number of rotatable bonds is 8. The number of hydrogen-bond donors (Lipinski definition) is 2. The highest BCUT2D eigenvalue weighted by atomic mass is 127. The fourth-order valence-corrected chi connectivity index (χ4v) is 3.59. The van der Waals surface area contributed by atoms with E-state index in [1.165, 1.54) is 9.88 Å². The number of hydrogen-bond acceptors (Lipinski definition) is 5. The van der Waals surface area contributed by atoms with E-state index in [0.717, 1.165) is 64.6 Å². The molecule has 2 rings (SSSR count). The van der Waals surface area contributed by atoms with Gasteiger partial charge >= 0.3 is 0 Å². The average Bonchev–Trinajstić information content (AvgIpc) is 3.00. The lowest BCUT2D eigenvalue weighted by Crippen LogP contribution is -2.49. The summed E-state index contributed by atoms with van der Waals surface area (Å²) in [5.41, 5.74) is 0. The Morgan fingerprint density at radius 3 is 2.80 bits per heavy atom. The normalized spacial score (nSPS) is 16.5. The van der Waals surface area contributed by atoms with Crippen molar-refractivity contribution in [2.24, 2.45) is 4.99 Å². The third-order valence-electron chi connectivity index (χ3n) is 4.15. The summed E-state index contributed by atoms with van der Waals surface area (Å²) < 4.78 is 5.16. The highest BCUT2D eigenvalue weighted by Gasteiger charge is 2.19. The fraction of sp³-hybridized carbons (Fsp3) is 0.765. The maximum Gasteiger partial charge on any atom is 0.191 e. The van der Waals surface area contributed by atoms with Crippen LogP contribution in [0.25, 0.3) is 0 Å². The second-order valence-electron chi connectivity index (χ2n) is 6.13. The van der Waals surface area contributed by atoms with E-state index < -0.39 is 0 Å². The van der Waals surface area contributed by atoms with E-state index in [1.807, 2.05) is 6.20 Å². The fourth-order valence-electron chi connectivity index (χ4n) is 2.82. The van der Waals surface area contributed by atoms with E-state index in [-0.39, 0.29) is 24.0 Å². The SMILES string of the molecule is CCNC(=NCCc1ncc(C)s1)NC1CCN(CCOC)CC1.I. The van der Waals surface area contributed by atoms with Crippen molar-refractivity contribution in [3.05, 3.63) is 16.1 Å². The van der Waals surface area contributed by atoms with Crippen molar-refractivity contribution in [3.63, 3.8) is 0 Å². The third-order valence-corrected chi connectivity index (χ3v) is 5.12. The Labute approximate surface area is 172 Å². The van der Waals surface area contributed by atoms with E-state index >= 15 is 0 Å². The minimum atomic E-state index is 0. The molecule has 25 heavy (non-hydrogen) atoms. The maximum atomic E-state index is 5.16. The topological polar surface area (TPSA) is 61.8 Å². The van der Waals surface area contributed by atoms with E-state index in [0.29, 0.717) is 6.04 Å². The summed E-state index contributed by atoms with van der Waals surface area (Å²) in [6.07, 6.45) is 5.15. The predicted octanol–water partition coefficient (Wildman–Crippen LogP) is 2.28. The molecule has 1 saturated heterocycles. The van der Waals surface area contributed by atoms with E-state index in [4.69, 9.17) is 9.73 Å². The average molecular weight is 481 g/mol. The van der Waals surface area contributed by atoms with Crippen molar-refractivity contribution < 1.29 is 4.74 Å². The summed E-state index contributed by atoms with van der Waals surface area (Å²) >= 11 is 1.76. The van der Waals surface area contributed by atoms with Crippen LogP contribution in [0.5, 0.6) is 0 Å². The minimum absolute atomic E-state index is 0. The molecule has 0 aliphatic carbocycles. The number of aromatic nitrogens is 1. The number of aliphatic imine (C=N–C) groups is 1. The summed E-state index contributed by atoms with van der Waals surface area (Å²) in [6.45, 7) is 9.95. The molecule has 144 valence electrons. The highest BCUT2D eigenvalue weighted by molar-refractivity contribution is 14.0. The number of likely N-dealkylation sites (tertiary alicyclic amines) is 1. The van der Waals surface area contributed by atoms with E-state index in [1.54, 1.807) is 18.4 Å². The molecule has 0 bridgehead atoms. The van der Waals surface area contributed by atoms with Crippen LogP contribution in [-0.2, 0) is 11.2 Å². The molecule has 6 nitrogen and oxygen atoms in total. The van der Waals surface area contributed by atoms with Crippen molar-refractivity contribution in [3.8, 4) is 0 Å². The molecule has 0 spiro atoms. The lowest BCUT2D eigenvalue weighted by atomic mass is 10.1. The second-order valence-corrected chi connectivity index (χ2v) is 7.45. The number of ether oxygens (including phenoxy) is 1. The van der Waals surface area contributed by atoms with Crippen LogP contribution in [0.15, 0.2) is 11.2 Å². The lowest BCUT2D eigenvalue weighted by molar-refractivity contribution is 0.128. The molecular weight excluding hydrogens is 449 g/mol. The van der Waals surface area contributed by atoms with Crippen LogP contribution < -0.4 is 10.6 Å². The van der Waals surface area contributed by atoms with Gasteiger partial charge in [0.15, 0.2) is 5.96 Å². The Hall–Kier alpha value is -0.450. The number of nitrogens with zero attached hydrogens (tertiary/aromatic N) is 3. The molecule has 2 heterocycles. The quantitative estimate of drug-likeness (QED) is 0.339. The zero-order valence-electron chi connectivity index (χ0n) is 15.6. The molecule has 0 saturated carbocycles. The first-order valence-corrected chi connectivity index (χ1v) is 9.70. The Morgan fingerprint density at radius 2 is 2.20 bits per heavy atom. The van der Waals surface area contributed by atoms with Gasteiger partial charge in [-0.15, -0.1) is 35.3 Å². The standard InChI is InChI=1S/C17H31N5OS.HI/c1-4-18-17(19-8-5-16-20-13-14(2)24-16)21-15-6-9-22(10-7-15)11-12-23-3;/h13,15H,4-12H2,1-3H3,(H2,18,19,21);1H. The molecule has 2 N–H and O–H groups in total. The number of piperidine rings is 1. The predicted molar refractivity (Wildman–Crippen MR) is 116 cm³/mol. The molecule has 1 aliphatic heterocycles. The van der Waals surface area contributed by atoms with Gasteiger partial charge in [-0.05, 0) is 26.7 Å². The van der Waals surface area contributed by atoms with Gasteiger partial charge in [-0.2, -0.15) is 0 Å². The molecule has 1 fully saturated rings. The number of halogens is 1. The maximum absolute atomic E-state index is 5.16. The summed E-state index contributed by atoms with van der Waals surface area (Å²) in [6, 6.07) is 0.503. The number of guanidine groups is 1. The molecule has 0 aromatic carbocycles. The van der Waals surface area contributed by atoms with Gasteiger partial charge in [0.25, 0.3) is 0 Å². The lowest BCUT2D eigenvalue weighted by Gasteiger charge is -2.32. The molecule has 1 aromatic heterocycles. The van der Waals surface area contributed by atoms with Crippen molar-refractivity contribution in [1.29, 1.82) is 0 Å². The van der Waals surface area contributed by atoms with Crippen LogP contribution in [0.4, 0.5) is 0 Å². The van der Waals surface area contributed by atoms with Crippen LogP contribution in [0.3, 0.4) is 0 Å². The Bertz CT molecular complexity index is 503. The van der Waals surface area contributed by atoms with Gasteiger partial charge in [0.05, 0.1) is 11.6 Å². The summed E-state index contributed by atoms with van der Waals surface area (Å²) in [5, 5.41) is 8.11. The minimum Gasteiger partial charge on any atom is -0.383 e. The van der Waals surface area contributed by atoms with Crippen LogP contribution >= 0.6 is 35.3 Å². The van der Waals surface area contributed by atoms with Crippen molar-refractivity contribution in [2.75, 3.05) is 46.4 Å². The van der Waals surface area contributed by atoms with Gasteiger partial charge in [-0.1, -0.05) is 0 Å². The summed E-state index contributed by atoms with van der Waals surface area (Å²) in [7, 11) is 1.76. The van der Waals surface area contributed by atoms with Crippen molar-refractivity contribution in [2.45, 2.75) is 39.2 Å². The largest absolute Gasteiger partial charge is 0.383 e. The first kappa shape index (κ1) is 22.6. The monoisotopic (exact) mass is 481 g/mol. The third kappa shape index (κ3) is 8.65. The van der Waals surface area contributed by atoms with Gasteiger partial charge in [0.2, 0.25) is 0 Å². The molecular formula is C17H32IN5OS. The first-order chi connectivity index (χ1) is 11.7. The van der Waals surface area contributed by atoms with Crippen LogP contribution in [-0.4, -0.2) is 68.3 Å².